The number of nitrogens with zero attached hydrogens (tertiary/aromatic N) is 2. The Kier molecular flexibility index (Phi) is 4.34. The maximum Gasteiger partial charge on any atom is 0.240 e. The van der Waals surface area contributed by atoms with Crippen molar-refractivity contribution in [3.05, 3.63) is 33.6 Å². The van der Waals surface area contributed by atoms with Crippen LogP contribution in [0.25, 0.3) is 0 Å². The second-order valence-electron chi connectivity index (χ2n) is 4.58. The maximum atomic E-state index is 11.8. The van der Waals surface area contributed by atoms with E-state index in [0.717, 1.165) is 12.2 Å². The first kappa shape index (κ1) is 13.8. The van der Waals surface area contributed by atoms with E-state index in [1.807, 2.05) is 18.9 Å². The summed E-state index contributed by atoms with van der Waals surface area (Å²) in [6, 6.07) is 3.78. The normalized spacial score (nSPS) is 10.9. The highest BCUT2D eigenvalue weighted by molar-refractivity contribution is 7.10. The molecule has 0 aliphatic heterocycles. The number of likely N-dealkylation sites (N-methyl/N-ethyl adjacent to an activating group) is 1. The van der Waals surface area contributed by atoms with E-state index in [1.165, 1.54) is 10.4 Å². The Balaban J connectivity index is 1.83. The summed E-state index contributed by atoms with van der Waals surface area (Å²) in [6.07, 6.45) is 0. The first-order valence-electron chi connectivity index (χ1n) is 5.99. The lowest BCUT2D eigenvalue weighted by molar-refractivity contribution is -0.117. The van der Waals surface area contributed by atoms with Gasteiger partial charge in [0.2, 0.25) is 11.8 Å². The van der Waals surface area contributed by atoms with Crippen molar-refractivity contribution in [2.24, 2.45) is 0 Å². The lowest BCUT2D eigenvalue weighted by Crippen LogP contribution is -2.29. The van der Waals surface area contributed by atoms with Gasteiger partial charge in [-0.3, -0.25) is 15.0 Å². The average molecular weight is 279 g/mol. The number of rotatable bonds is 5. The number of nitrogens with one attached hydrogen (secondary N) is 1. The van der Waals surface area contributed by atoms with Gasteiger partial charge in [0.1, 0.15) is 0 Å². The minimum Gasteiger partial charge on any atom is -0.338 e. The summed E-state index contributed by atoms with van der Waals surface area (Å²) in [5, 5.41) is 8.47. The first-order chi connectivity index (χ1) is 9.04. The molecule has 6 heteroatoms. The molecule has 0 aliphatic carbocycles. The molecule has 0 aliphatic rings. The molecule has 19 heavy (non-hydrogen) atoms. The molecular formula is C13H17N3O2S. The van der Waals surface area contributed by atoms with Crippen LogP contribution in [-0.2, 0) is 11.3 Å². The highest BCUT2D eigenvalue weighted by Crippen LogP contribution is 2.17. The summed E-state index contributed by atoms with van der Waals surface area (Å²) >= 11 is 1.71. The van der Waals surface area contributed by atoms with Gasteiger partial charge in [0, 0.05) is 17.5 Å². The van der Waals surface area contributed by atoms with Crippen molar-refractivity contribution in [1.82, 2.24) is 10.1 Å². The van der Waals surface area contributed by atoms with Crippen LogP contribution in [0.15, 0.2) is 22.0 Å². The van der Waals surface area contributed by atoms with Crippen LogP contribution in [0.1, 0.15) is 16.1 Å². The second kappa shape index (κ2) is 5.99. The molecule has 0 fully saturated rings. The summed E-state index contributed by atoms with van der Waals surface area (Å²) in [5.74, 6) is 0.288. The molecule has 0 unspecified atom stereocenters. The highest BCUT2D eigenvalue weighted by atomic mass is 32.1. The zero-order valence-corrected chi connectivity index (χ0v) is 12.1. The van der Waals surface area contributed by atoms with Gasteiger partial charge in [0.05, 0.1) is 12.2 Å². The van der Waals surface area contributed by atoms with Crippen molar-refractivity contribution in [3.63, 3.8) is 0 Å². The van der Waals surface area contributed by atoms with E-state index in [9.17, 15) is 4.79 Å². The Morgan fingerprint density at radius 2 is 2.32 bits per heavy atom. The van der Waals surface area contributed by atoms with Crippen LogP contribution >= 0.6 is 11.3 Å². The number of carbonyl (C=O) groups is 1. The number of thiophene rings is 1. The summed E-state index contributed by atoms with van der Waals surface area (Å²) in [7, 11) is 1.92. The topological polar surface area (TPSA) is 58.4 Å². The molecule has 0 saturated carbocycles. The average Bonchev–Trinajstić information content (AvgIpc) is 2.89. The van der Waals surface area contributed by atoms with Gasteiger partial charge in [-0.25, -0.2) is 0 Å². The van der Waals surface area contributed by atoms with Crippen molar-refractivity contribution < 1.29 is 9.32 Å². The van der Waals surface area contributed by atoms with E-state index in [-0.39, 0.29) is 5.91 Å². The number of carbonyl (C=O) groups excluding carboxylic acids is 1. The minimum absolute atomic E-state index is 0.104. The molecule has 0 saturated heterocycles. The van der Waals surface area contributed by atoms with Crippen molar-refractivity contribution in [3.8, 4) is 0 Å². The lowest BCUT2D eigenvalue weighted by atomic mass is 10.3. The zero-order chi connectivity index (χ0) is 13.8. The standard InChI is InChI=1S/C13H17N3O2S/c1-9-4-5-19-11(9)7-16(3)8-12(17)14-13-6-10(2)15-18-13/h4-6H,7-8H2,1-3H3,(H,14,17). The lowest BCUT2D eigenvalue weighted by Gasteiger charge is -2.15. The fraction of sp³-hybridized carbons (Fsp3) is 0.385. The van der Waals surface area contributed by atoms with Gasteiger partial charge in [-0.2, -0.15) is 0 Å². The molecule has 1 N–H and O–H groups in total. The van der Waals surface area contributed by atoms with Gasteiger partial charge in [-0.15, -0.1) is 11.3 Å². The third-order valence-corrected chi connectivity index (χ3v) is 3.69. The van der Waals surface area contributed by atoms with Crippen LogP contribution in [0.2, 0.25) is 0 Å². The predicted molar refractivity (Wildman–Crippen MR) is 75.3 cm³/mol. The van der Waals surface area contributed by atoms with Gasteiger partial charge < -0.3 is 4.52 Å². The highest BCUT2D eigenvalue weighted by Gasteiger charge is 2.11. The van der Waals surface area contributed by atoms with Gasteiger partial charge in [0.15, 0.2) is 0 Å². The van der Waals surface area contributed by atoms with Crippen molar-refractivity contribution >= 4 is 23.1 Å². The summed E-state index contributed by atoms with van der Waals surface area (Å²) in [4.78, 5) is 15.1. The van der Waals surface area contributed by atoms with E-state index in [0.29, 0.717) is 12.4 Å². The molecule has 2 aromatic heterocycles. The summed E-state index contributed by atoms with van der Waals surface area (Å²) in [5.41, 5.74) is 2.01. The number of amides is 1. The van der Waals surface area contributed by atoms with Crippen LogP contribution in [0, 0.1) is 13.8 Å². The van der Waals surface area contributed by atoms with Crippen LogP contribution < -0.4 is 5.32 Å². The van der Waals surface area contributed by atoms with Crippen molar-refractivity contribution in [1.29, 1.82) is 0 Å². The van der Waals surface area contributed by atoms with Crippen LogP contribution in [0.5, 0.6) is 0 Å². The van der Waals surface area contributed by atoms with E-state index < -0.39 is 0 Å². The molecule has 0 aromatic carbocycles. The number of aryl methyl sites for hydroxylation is 2. The maximum absolute atomic E-state index is 11.8. The fourth-order valence-electron chi connectivity index (χ4n) is 1.71. The van der Waals surface area contributed by atoms with Crippen LogP contribution in [0.3, 0.4) is 0 Å². The fourth-order valence-corrected chi connectivity index (χ4v) is 2.70. The number of aromatic nitrogens is 1. The molecule has 102 valence electrons. The molecule has 2 rings (SSSR count). The Morgan fingerprint density at radius 3 is 2.89 bits per heavy atom. The van der Waals surface area contributed by atoms with Crippen LogP contribution in [0.4, 0.5) is 5.88 Å². The molecule has 0 spiro atoms. The molecule has 1 amide bonds. The van der Waals surface area contributed by atoms with Gasteiger partial charge in [-0.05, 0) is 37.9 Å². The Bertz CT molecular complexity index is 562. The Labute approximate surface area is 116 Å². The summed E-state index contributed by atoms with van der Waals surface area (Å²) < 4.78 is 4.94. The molecule has 0 radical (unpaired) electrons. The third kappa shape index (κ3) is 3.90. The monoisotopic (exact) mass is 279 g/mol. The van der Waals surface area contributed by atoms with Crippen LogP contribution in [-0.4, -0.2) is 29.6 Å². The van der Waals surface area contributed by atoms with E-state index in [1.54, 1.807) is 17.4 Å². The van der Waals surface area contributed by atoms with E-state index in [4.69, 9.17) is 4.52 Å². The smallest absolute Gasteiger partial charge is 0.240 e. The molecule has 5 nitrogen and oxygen atoms in total. The molecule has 2 heterocycles. The van der Waals surface area contributed by atoms with Crippen molar-refractivity contribution in [2.45, 2.75) is 20.4 Å². The Hall–Kier alpha value is -1.66. The summed E-state index contributed by atoms with van der Waals surface area (Å²) in [6.45, 7) is 4.98. The SMILES string of the molecule is Cc1cc(NC(=O)CN(C)Cc2sccc2C)on1. The molecule has 0 atom stereocenters. The molecule has 0 bridgehead atoms. The quantitative estimate of drug-likeness (QED) is 0.913. The number of hydrogen-bond donors (Lipinski definition) is 1. The van der Waals surface area contributed by atoms with Gasteiger partial charge in [0.25, 0.3) is 0 Å². The third-order valence-electron chi connectivity index (χ3n) is 2.69. The minimum atomic E-state index is -0.104. The van der Waals surface area contributed by atoms with Crippen molar-refractivity contribution in [2.75, 3.05) is 18.9 Å². The Morgan fingerprint density at radius 1 is 1.53 bits per heavy atom. The first-order valence-corrected chi connectivity index (χ1v) is 6.87. The largest absolute Gasteiger partial charge is 0.338 e. The van der Waals surface area contributed by atoms with Gasteiger partial charge in [-0.1, -0.05) is 5.16 Å². The predicted octanol–water partition coefficient (Wildman–Crippen LogP) is 2.42. The van der Waals surface area contributed by atoms with E-state index in [2.05, 4.69) is 28.8 Å². The van der Waals surface area contributed by atoms with Gasteiger partial charge >= 0.3 is 0 Å². The molecular weight excluding hydrogens is 262 g/mol. The van der Waals surface area contributed by atoms with E-state index >= 15 is 0 Å². The number of anilines is 1. The number of hydrogen-bond acceptors (Lipinski definition) is 5. The molecule has 2 aromatic rings. The zero-order valence-electron chi connectivity index (χ0n) is 11.3. The second-order valence-corrected chi connectivity index (χ2v) is 5.58.